The standard InChI is InChI=1S/C19H15N3/c1-2-15-22-18(14-13-16-9-5-3-6-10-16)19(20-21-22)17-11-7-4-8-12-17/h2-12H,1,15H2. The molecule has 3 aromatic rings. The van der Waals surface area contributed by atoms with E-state index in [9.17, 15) is 0 Å². The molecule has 0 amide bonds. The van der Waals surface area contributed by atoms with Crippen molar-refractivity contribution in [3.05, 3.63) is 84.6 Å². The van der Waals surface area contributed by atoms with Gasteiger partial charge < -0.3 is 0 Å². The fourth-order valence-electron chi connectivity index (χ4n) is 2.13. The van der Waals surface area contributed by atoms with Gasteiger partial charge in [-0.05, 0) is 18.1 Å². The molecule has 3 nitrogen and oxygen atoms in total. The summed E-state index contributed by atoms with van der Waals surface area (Å²) in [5, 5.41) is 8.47. The summed E-state index contributed by atoms with van der Waals surface area (Å²) in [4.78, 5) is 0. The van der Waals surface area contributed by atoms with Crippen LogP contribution in [0.4, 0.5) is 0 Å². The largest absolute Gasteiger partial charge is 0.232 e. The summed E-state index contributed by atoms with van der Waals surface area (Å²) in [6.45, 7) is 4.34. The average Bonchev–Trinajstić information content (AvgIpc) is 2.98. The first-order chi connectivity index (χ1) is 10.9. The van der Waals surface area contributed by atoms with Crippen molar-refractivity contribution in [2.45, 2.75) is 6.54 Å². The molecule has 0 aliphatic rings. The minimum Gasteiger partial charge on any atom is -0.232 e. The highest BCUT2D eigenvalue weighted by Crippen LogP contribution is 2.20. The third-order valence-corrected chi connectivity index (χ3v) is 3.18. The van der Waals surface area contributed by atoms with Gasteiger partial charge in [0, 0.05) is 11.1 Å². The summed E-state index contributed by atoms with van der Waals surface area (Å²) in [5.41, 5.74) is 3.57. The van der Waals surface area contributed by atoms with Gasteiger partial charge in [0.05, 0.1) is 6.54 Å². The predicted molar refractivity (Wildman–Crippen MR) is 88.1 cm³/mol. The van der Waals surface area contributed by atoms with Crippen molar-refractivity contribution in [2.24, 2.45) is 0 Å². The van der Waals surface area contributed by atoms with Gasteiger partial charge in [-0.3, -0.25) is 0 Å². The van der Waals surface area contributed by atoms with Crippen molar-refractivity contribution >= 4 is 0 Å². The first-order valence-corrected chi connectivity index (χ1v) is 7.05. The quantitative estimate of drug-likeness (QED) is 0.544. The Balaban J connectivity index is 2.07. The van der Waals surface area contributed by atoms with Crippen LogP contribution in [0.5, 0.6) is 0 Å². The van der Waals surface area contributed by atoms with E-state index in [0.717, 1.165) is 22.5 Å². The number of rotatable bonds is 3. The first kappa shape index (κ1) is 13.8. The van der Waals surface area contributed by atoms with Crippen LogP contribution < -0.4 is 0 Å². The topological polar surface area (TPSA) is 30.7 Å². The van der Waals surface area contributed by atoms with Gasteiger partial charge in [0.2, 0.25) is 0 Å². The molecular weight excluding hydrogens is 270 g/mol. The molecule has 0 aliphatic carbocycles. The zero-order chi connectivity index (χ0) is 15.2. The minimum absolute atomic E-state index is 0.582. The summed E-state index contributed by atoms with van der Waals surface area (Å²) in [7, 11) is 0. The minimum atomic E-state index is 0.582. The molecule has 0 saturated heterocycles. The molecule has 1 heterocycles. The Morgan fingerprint density at radius 1 is 0.955 bits per heavy atom. The van der Waals surface area contributed by atoms with Crippen molar-refractivity contribution in [1.29, 1.82) is 0 Å². The van der Waals surface area contributed by atoms with Crippen LogP contribution in [0.2, 0.25) is 0 Å². The van der Waals surface area contributed by atoms with E-state index in [1.165, 1.54) is 0 Å². The molecular formula is C19H15N3. The van der Waals surface area contributed by atoms with Gasteiger partial charge in [-0.2, -0.15) is 0 Å². The van der Waals surface area contributed by atoms with E-state index in [1.807, 2.05) is 60.7 Å². The molecule has 22 heavy (non-hydrogen) atoms. The molecule has 0 bridgehead atoms. The summed E-state index contributed by atoms with van der Waals surface area (Å²) in [6, 6.07) is 19.9. The lowest BCUT2D eigenvalue weighted by Crippen LogP contribution is -2.01. The van der Waals surface area contributed by atoms with E-state index in [0.29, 0.717) is 6.54 Å². The highest BCUT2D eigenvalue weighted by atomic mass is 15.4. The zero-order valence-corrected chi connectivity index (χ0v) is 12.1. The normalized spacial score (nSPS) is 9.82. The van der Waals surface area contributed by atoms with Gasteiger partial charge in [0.25, 0.3) is 0 Å². The van der Waals surface area contributed by atoms with Gasteiger partial charge in [0.15, 0.2) is 0 Å². The Kier molecular flexibility index (Phi) is 4.12. The Morgan fingerprint density at radius 3 is 2.32 bits per heavy atom. The molecule has 0 N–H and O–H groups in total. The van der Waals surface area contributed by atoms with Crippen LogP contribution in [-0.2, 0) is 6.54 Å². The van der Waals surface area contributed by atoms with Crippen molar-refractivity contribution in [3.8, 4) is 23.1 Å². The molecule has 1 aromatic heterocycles. The number of hydrogen-bond donors (Lipinski definition) is 0. The van der Waals surface area contributed by atoms with E-state index >= 15 is 0 Å². The molecule has 2 aromatic carbocycles. The van der Waals surface area contributed by atoms with Gasteiger partial charge in [-0.1, -0.05) is 65.7 Å². The summed E-state index contributed by atoms with van der Waals surface area (Å²) < 4.78 is 1.77. The Hall–Kier alpha value is -3.12. The molecule has 0 aliphatic heterocycles. The molecule has 106 valence electrons. The maximum absolute atomic E-state index is 4.28. The number of hydrogen-bond acceptors (Lipinski definition) is 2. The van der Waals surface area contributed by atoms with Crippen molar-refractivity contribution in [1.82, 2.24) is 15.0 Å². The van der Waals surface area contributed by atoms with Crippen molar-refractivity contribution < 1.29 is 0 Å². The SMILES string of the molecule is C=CCn1nnc(-c2ccccc2)c1C#Cc1ccccc1. The highest BCUT2D eigenvalue weighted by Gasteiger charge is 2.11. The maximum atomic E-state index is 4.28. The van der Waals surface area contributed by atoms with Crippen LogP contribution in [0.25, 0.3) is 11.3 Å². The lowest BCUT2D eigenvalue weighted by molar-refractivity contribution is 0.656. The third kappa shape index (κ3) is 2.97. The number of aromatic nitrogens is 3. The Morgan fingerprint density at radius 2 is 1.64 bits per heavy atom. The molecule has 0 saturated carbocycles. The molecule has 0 atom stereocenters. The van der Waals surface area contributed by atoms with E-state index in [2.05, 4.69) is 28.7 Å². The number of allylic oxidation sites excluding steroid dienone is 1. The van der Waals surface area contributed by atoms with Crippen LogP contribution >= 0.6 is 0 Å². The average molecular weight is 285 g/mol. The van der Waals surface area contributed by atoms with Gasteiger partial charge >= 0.3 is 0 Å². The van der Waals surface area contributed by atoms with E-state index in [1.54, 1.807) is 10.8 Å². The lowest BCUT2D eigenvalue weighted by atomic mass is 10.1. The molecule has 3 heteroatoms. The molecule has 0 spiro atoms. The second-order valence-electron chi connectivity index (χ2n) is 4.74. The van der Waals surface area contributed by atoms with Gasteiger partial charge in [-0.15, -0.1) is 11.7 Å². The summed E-state index contributed by atoms with van der Waals surface area (Å²) >= 11 is 0. The molecule has 3 rings (SSSR count). The van der Waals surface area contributed by atoms with Crippen LogP contribution in [0, 0.1) is 11.8 Å². The van der Waals surface area contributed by atoms with Crippen LogP contribution in [0.3, 0.4) is 0 Å². The summed E-state index contributed by atoms with van der Waals surface area (Å²) in [5.74, 6) is 6.37. The summed E-state index contributed by atoms with van der Waals surface area (Å²) in [6.07, 6.45) is 1.79. The first-order valence-electron chi connectivity index (χ1n) is 7.05. The second kappa shape index (κ2) is 6.55. The molecule has 0 unspecified atom stereocenters. The van der Waals surface area contributed by atoms with Crippen LogP contribution in [0.1, 0.15) is 11.3 Å². The molecule has 0 fully saturated rings. The number of benzene rings is 2. The third-order valence-electron chi connectivity index (χ3n) is 3.18. The fraction of sp³-hybridized carbons (Fsp3) is 0.0526. The van der Waals surface area contributed by atoms with Gasteiger partial charge in [-0.25, -0.2) is 4.68 Å². The molecule has 0 radical (unpaired) electrons. The fourth-order valence-corrected chi connectivity index (χ4v) is 2.13. The smallest absolute Gasteiger partial charge is 0.140 e. The van der Waals surface area contributed by atoms with Crippen LogP contribution in [0.15, 0.2) is 73.3 Å². The highest BCUT2D eigenvalue weighted by molar-refractivity contribution is 5.65. The lowest BCUT2D eigenvalue weighted by Gasteiger charge is -1.99. The second-order valence-corrected chi connectivity index (χ2v) is 4.74. The predicted octanol–water partition coefficient (Wildman–Crippen LogP) is 3.53. The maximum Gasteiger partial charge on any atom is 0.140 e. The van der Waals surface area contributed by atoms with E-state index in [-0.39, 0.29) is 0 Å². The van der Waals surface area contributed by atoms with E-state index < -0.39 is 0 Å². The Labute approximate surface area is 129 Å². The van der Waals surface area contributed by atoms with Crippen molar-refractivity contribution in [2.75, 3.05) is 0 Å². The van der Waals surface area contributed by atoms with Crippen molar-refractivity contribution in [3.63, 3.8) is 0 Å². The van der Waals surface area contributed by atoms with Gasteiger partial charge in [0.1, 0.15) is 11.4 Å². The van der Waals surface area contributed by atoms with E-state index in [4.69, 9.17) is 0 Å². The zero-order valence-electron chi connectivity index (χ0n) is 12.1. The monoisotopic (exact) mass is 285 g/mol. The number of nitrogens with zero attached hydrogens (tertiary/aromatic N) is 3. The van der Waals surface area contributed by atoms with Crippen LogP contribution in [-0.4, -0.2) is 15.0 Å². The Bertz CT molecular complexity index is 821.